The van der Waals surface area contributed by atoms with E-state index in [0.29, 0.717) is 6.07 Å². The summed E-state index contributed by atoms with van der Waals surface area (Å²) in [6.07, 6.45) is -2.98. The van der Waals surface area contributed by atoms with Crippen molar-refractivity contribution >= 4 is 21.8 Å². The SMILES string of the molecule is NC(=O)c1cc(F)c(Br)nc1C(F)F. The zero-order valence-electron chi connectivity index (χ0n) is 6.60. The number of halogens is 4. The van der Waals surface area contributed by atoms with Gasteiger partial charge in [0.05, 0.1) is 5.56 Å². The van der Waals surface area contributed by atoms with E-state index in [0.717, 1.165) is 0 Å². The molecule has 7 heteroatoms. The minimum Gasteiger partial charge on any atom is -0.366 e. The van der Waals surface area contributed by atoms with Crippen molar-refractivity contribution in [3.05, 3.63) is 27.7 Å². The molecule has 1 heterocycles. The number of nitrogens with two attached hydrogens (primary N) is 1. The molecule has 0 spiro atoms. The van der Waals surface area contributed by atoms with Crippen LogP contribution in [0.4, 0.5) is 13.2 Å². The third-order valence-corrected chi connectivity index (χ3v) is 1.99. The summed E-state index contributed by atoms with van der Waals surface area (Å²) in [4.78, 5) is 13.8. The van der Waals surface area contributed by atoms with Gasteiger partial charge in [0.15, 0.2) is 5.82 Å². The fourth-order valence-corrected chi connectivity index (χ4v) is 1.15. The Hall–Kier alpha value is -1.11. The molecule has 0 saturated carbocycles. The molecule has 3 nitrogen and oxygen atoms in total. The molecular weight excluding hydrogens is 265 g/mol. The summed E-state index contributed by atoms with van der Waals surface area (Å²) >= 11 is 2.63. The maximum atomic E-state index is 12.8. The van der Waals surface area contributed by atoms with Crippen LogP contribution in [0.5, 0.6) is 0 Å². The van der Waals surface area contributed by atoms with Gasteiger partial charge in [-0.05, 0) is 22.0 Å². The van der Waals surface area contributed by atoms with E-state index in [1.807, 2.05) is 0 Å². The maximum absolute atomic E-state index is 12.8. The van der Waals surface area contributed by atoms with Gasteiger partial charge in [0.25, 0.3) is 12.3 Å². The minimum absolute atomic E-state index is 0.377. The van der Waals surface area contributed by atoms with E-state index in [1.54, 1.807) is 0 Å². The van der Waals surface area contributed by atoms with Gasteiger partial charge in [0.2, 0.25) is 0 Å². The Kier molecular flexibility index (Phi) is 3.10. The molecule has 1 rings (SSSR count). The van der Waals surface area contributed by atoms with Crippen LogP contribution in [0.15, 0.2) is 10.7 Å². The first-order valence-corrected chi connectivity index (χ1v) is 4.16. The molecule has 14 heavy (non-hydrogen) atoms. The summed E-state index contributed by atoms with van der Waals surface area (Å²) in [7, 11) is 0. The largest absolute Gasteiger partial charge is 0.366 e. The summed E-state index contributed by atoms with van der Waals surface area (Å²) in [5, 5.41) is 0. The van der Waals surface area contributed by atoms with Crippen LogP contribution in [0, 0.1) is 5.82 Å². The van der Waals surface area contributed by atoms with E-state index >= 15 is 0 Å². The monoisotopic (exact) mass is 268 g/mol. The topological polar surface area (TPSA) is 56.0 Å². The first kappa shape index (κ1) is 11.0. The van der Waals surface area contributed by atoms with Crippen LogP contribution in [0.25, 0.3) is 0 Å². The van der Waals surface area contributed by atoms with E-state index in [9.17, 15) is 18.0 Å². The molecule has 1 amide bonds. The first-order chi connectivity index (χ1) is 6.43. The molecule has 0 radical (unpaired) electrons. The van der Waals surface area contributed by atoms with E-state index < -0.39 is 29.4 Å². The summed E-state index contributed by atoms with van der Waals surface area (Å²) in [5.41, 5.74) is 3.34. The Labute approximate surface area is 85.2 Å². The van der Waals surface area contributed by atoms with Crippen molar-refractivity contribution < 1.29 is 18.0 Å². The highest BCUT2D eigenvalue weighted by Crippen LogP contribution is 2.24. The standard InChI is InChI=1S/C7H4BrF3N2O/c8-5-3(9)1-2(7(12)14)4(13-5)6(10)11/h1,6H,(H2,12,14). The number of pyridine rings is 1. The van der Waals surface area contributed by atoms with Crippen LogP contribution in [0.3, 0.4) is 0 Å². The Morgan fingerprint density at radius 1 is 1.57 bits per heavy atom. The van der Waals surface area contributed by atoms with Crippen molar-refractivity contribution in [3.63, 3.8) is 0 Å². The Balaban J connectivity index is 3.39. The molecule has 0 aromatic carbocycles. The second-order valence-electron chi connectivity index (χ2n) is 2.36. The predicted molar refractivity (Wildman–Crippen MR) is 45.4 cm³/mol. The number of aromatic nitrogens is 1. The van der Waals surface area contributed by atoms with E-state index in [-0.39, 0.29) is 4.60 Å². The number of amides is 1. The fraction of sp³-hybridized carbons (Fsp3) is 0.143. The first-order valence-electron chi connectivity index (χ1n) is 3.37. The number of hydrogen-bond acceptors (Lipinski definition) is 2. The van der Waals surface area contributed by atoms with Crippen LogP contribution in [0.2, 0.25) is 0 Å². The number of hydrogen-bond donors (Lipinski definition) is 1. The van der Waals surface area contributed by atoms with Crippen molar-refractivity contribution in [2.75, 3.05) is 0 Å². The molecule has 1 aromatic heterocycles. The Bertz CT molecular complexity index is 383. The molecule has 76 valence electrons. The lowest BCUT2D eigenvalue weighted by Crippen LogP contribution is -2.16. The summed E-state index contributed by atoms with van der Waals surface area (Å²) < 4.78 is 37.0. The van der Waals surface area contributed by atoms with Crippen molar-refractivity contribution in [1.82, 2.24) is 4.98 Å². The van der Waals surface area contributed by atoms with Crippen molar-refractivity contribution in [1.29, 1.82) is 0 Å². The van der Waals surface area contributed by atoms with Gasteiger partial charge in [0, 0.05) is 0 Å². The van der Waals surface area contributed by atoms with Crippen LogP contribution in [-0.4, -0.2) is 10.9 Å². The molecule has 0 unspecified atom stereocenters. The maximum Gasteiger partial charge on any atom is 0.281 e. The highest BCUT2D eigenvalue weighted by atomic mass is 79.9. The molecule has 0 bridgehead atoms. The second-order valence-corrected chi connectivity index (χ2v) is 3.11. The lowest BCUT2D eigenvalue weighted by atomic mass is 10.2. The summed E-state index contributed by atoms with van der Waals surface area (Å²) in [6.45, 7) is 0. The van der Waals surface area contributed by atoms with Gasteiger partial charge < -0.3 is 5.73 Å². The summed E-state index contributed by atoms with van der Waals surface area (Å²) in [6, 6.07) is 0.626. The zero-order valence-corrected chi connectivity index (χ0v) is 8.19. The molecule has 0 atom stereocenters. The molecule has 2 N–H and O–H groups in total. The molecule has 0 aliphatic carbocycles. The molecule has 0 saturated heterocycles. The molecule has 1 aromatic rings. The van der Waals surface area contributed by atoms with Gasteiger partial charge in [-0.25, -0.2) is 18.2 Å². The van der Waals surface area contributed by atoms with Gasteiger partial charge in [-0.15, -0.1) is 0 Å². The zero-order chi connectivity index (χ0) is 10.9. The molecule has 0 fully saturated rings. The lowest BCUT2D eigenvalue weighted by Gasteiger charge is -2.05. The third kappa shape index (κ3) is 2.03. The number of carbonyl (C=O) groups is 1. The van der Waals surface area contributed by atoms with E-state index in [2.05, 4.69) is 20.9 Å². The van der Waals surface area contributed by atoms with Gasteiger partial charge >= 0.3 is 0 Å². The third-order valence-electron chi connectivity index (χ3n) is 1.43. The van der Waals surface area contributed by atoms with Crippen molar-refractivity contribution in [2.24, 2.45) is 5.73 Å². The van der Waals surface area contributed by atoms with Crippen molar-refractivity contribution in [2.45, 2.75) is 6.43 Å². The highest BCUT2D eigenvalue weighted by molar-refractivity contribution is 9.10. The van der Waals surface area contributed by atoms with E-state index in [4.69, 9.17) is 5.73 Å². The van der Waals surface area contributed by atoms with Gasteiger partial charge in [-0.2, -0.15) is 0 Å². The number of primary amides is 1. The van der Waals surface area contributed by atoms with Crippen LogP contribution < -0.4 is 5.73 Å². The van der Waals surface area contributed by atoms with Crippen LogP contribution >= 0.6 is 15.9 Å². The lowest BCUT2D eigenvalue weighted by molar-refractivity contribution is 0.0982. The molecule has 0 aliphatic heterocycles. The second kappa shape index (κ2) is 3.95. The normalized spacial score (nSPS) is 10.6. The number of nitrogens with zero attached hydrogens (tertiary/aromatic N) is 1. The smallest absolute Gasteiger partial charge is 0.281 e. The quantitative estimate of drug-likeness (QED) is 0.835. The predicted octanol–water partition coefficient (Wildman–Crippen LogP) is 2.02. The van der Waals surface area contributed by atoms with E-state index in [1.165, 1.54) is 0 Å². The molecular formula is C7H4BrF3N2O. The van der Waals surface area contributed by atoms with Crippen molar-refractivity contribution in [3.8, 4) is 0 Å². The average Bonchev–Trinajstić information content (AvgIpc) is 2.08. The fourth-order valence-electron chi connectivity index (χ4n) is 0.843. The summed E-state index contributed by atoms with van der Waals surface area (Å²) in [5.74, 6) is -2.05. The Morgan fingerprint density at radius 3 is 2.57 bits per heavy atom. The van der Waals surface area contributed by atoms with Crippen LogP contribution in [0.1, 0.15) is 22.5 Å². The van der Waals surface area contributed by atoms with Gasteiger partial charge in [0.1, 0.15) is 10.3 Å². The minimum atomic E-state index is -2.98. The Morgan fingerprint density at radius 2 is 2.14 bits per heavy atom. The number of alkyl halides is 2. The number of carbonyl (C=O) groups excluding carboxylic acids is 1. The van der Waals surface area contributed by atoms with Gasteiger partial charge in [-0.3, -0.25) is 4.79 Å². The van der Waals surface area contributed by atoms with Crippen LogP contribution in [-0.2, 0) is 0 Å². The van der Waals surface area contributed by atoms with Gasteiger partial charge in [-0.1, -0.05) is 0 Å². The molecule has 0 aliphatic rings. The average molecular weight is 269 g/mol. The highest BCUT2D eigenvalue weighted by Gasteiger charge is 2.21. The number of rotatable bonds is 2.